The molecule has 1 saturated heterocycles. The molecule has 1 aromatic carbocycles. The van der Waals surface area contributed by atoms with Crippen molar-refractivity contribution in [2.24, 2.45) is 0 Å². The van der Waals surface area contributed by atoms with Crippen LogP contribution in [0.3, 0.4) is 0 Å². The standard InChI is InChI=1S/C14H14FNO4S/c15-21(19,20)11-7-14(18)16(8-11)10-4-5-12-9(6-10)2-1-3-13(12)17/h4-6,11H,1-3,7-8H2. The Kier molecular flexibility index (Phi) is 3.32. The van der Waals surface area contributed by atoms with Gasteiger partial charge in [0.25, 0.3) is 0 Å². The van der Waals surface area contributed by atoms with Gasteiger partial charge in [0.2, 0.25) is 5.91 Å². The van der Waals surface area contributed by atoms with Crippen LogP contribution in [0.4, 0.5) is 9.57 Å². The SMILES string of the molecule is O=C1CCCc2cc(N3CC(S(=O)(=O)F)CC3=O)ccc21. The molecule has 1 fully saturated rings. The van der Waals surface area contributed by atoms with Gasteiger partial charge in [-0.2, -0.15) is 8.42 Å². The van der Waals surface area contributed by atoms with Gasteiger partial charge in [0, 0.05) is 30.6 Å². The molecule has 1 amide bonds. The van der Waals surface area contributed by atoms with Crippen LogP contribution in [0, 0.1) is 0 Å². The minimum absolute atomic E-state index is 0.0831. The molecular formula is C14H14FNO4S. The summed E-state index contributed by atoms with van der Waals surface area (Å²) in [6.45, 7) is -0.176. The van der Waals surface area contributed by atoms with Gasteiger partial charge < -0.3 is 4.90 Å². The molecule has 1 unspecified atom stereocenters. The summed E-state index contributed by atoms with van der Waals surface area (Å²) in [7, 11) is -4.72. The lowest BCUT2D eigenvalue weighted by atomic mass is 9.90. The molecule has 1 aliphatic heterocycles. The molecule has 0 spiro atoms. The molecule has 0 N–H and O–H groups in total. The summed E-state index contributed by atoms with van der Waals surface area (Å²) in [5.41, 5.74) is 2.05. The highest BCUT2D eigenvalue weighted by atomic mass is 32.3. The number of fused-ring (bicyclic) bond motifs is 1. The van der Waals surface area contributed by atoms with Crippen LogP contribution in [0.1, 0.15) is 35.2 Å². The number of carbonyl (C=O) groups excluding carboxylic acids is 2. The smallest absolute Gasteiger partial charge is 0.307 e. The fourth-order valence-corrected chi connectivity index (χ4v) is 3.58. The van der Waals surface area contributed by atoms with Gasteiger partial charge in [0.1, 0.15) is 5.25 Å². The van der Waals surface area contributed by atoms with Crippen molar-refractivity contribution >= 4 is 27.6 Å². The highest BCUT2D eigenvalue weighted by Gasteiger charge is 2.39. The minimum atomic E-state index is -4.72. The predicted octanol–water partition coefficient (Wildman–Crippen LogP) is 1.61. The summed E-state index contributed by atoms with van der Waals surface area (Å²) in [5.74, 6) is -0.330. The third-order valence-corrected chi connectivity index (χ3v) is 5.15. The zero-order valence-electron chi connectivity index (χ0n) is 11.2. The number of nitrogens with zero attached hydrogens (tertiary/aromatic N) is 1. The molecule has 7 heteroatoms. The Balaban J connectivity index is 1.91. The van der Waals surface area contributed by atoms with Crippen LogP contribution >= 0.6 is 0 Å². The predicted molar refractivity (Wildman–Crippen MR) is 74.5 cm³/mol. The molecule has 3 rings (SSSR count). The summed E-state index contributed by atoms with van der Waals surface area (Å²) in [4.78, 5) is 24.9. The molecule has 0 radical (unpaired) electrons. The van der Waals surface area contributed by atoms with Crippen LogP contribution < -0.4 is 4.90 Å². The van der Waals surface area contributed by atoms with Crippen molar-refractivity contribution in [3.8, 4) is 0 Å². The second-order valence-corrected chi connectivity index (χ2v) is 7.04. The van der Waals surface area contributed by atoms with Gasteiger partial charge >= 0.3 is 10.2 Å². The topological polar surface area (TPSA) is 71.5 Å². The van der Waals surface area contributed by atoms with Gasteiger partial charge in [-0.05, 0) is 36.6 Å². The molecule has 21 heavy (non-hydrogen) atoms. The second kappa shape index (κ2) is 4.91. The molecule has 1 aliphatic carbocycles. The normalized spacial score (nSPS) is 22.5. The Hall–Kier alpha value is -1.76. The number of benzene rings is 1. The first-order chi connectivity index (χ1) is 9.86. The van der Waals surface area contributed by atoms with E-state index in [-0.39, 0.29) is 18.7 Å². The average molecular weight is 311 g/mol. The second-order valence-electron chi connectivity index (χ2n) is 5.42. The summed E-state index contributed by atoms with van der Waals surface area (Å²) in [6.07, 6.45) is 1.71. The van der Waals surface area contributed by atoms with Gasteiger partial charge in [-0.1, -0.05) is 0 Å². The van der Waals surface area contributed by atoms with E-state index < -0.39 is 21.4 Å². The van der Waals surface area contributed by atoms with E-state index >= 15 is 0 Å². The Labute approximate surface area is 122 Å². The van der Waals surface area contributed by atoms with E-state index in [1.165, 1.54) is 4.90 Å². The van der Waals surface area contributed by atoms with Gasteiger partial charge in [0.15, 0.2) is 5.78 Å². The molecule has 1 aromatic rings. The van der Waals surface area contributed by atoms with Crippen molar-refractivity contribution < 1.29 is 21.9 Å². The summed E-state index contributed by atoms with van der Waals surface area (Å²) in [5, 5.41) is -1.30. The zero-order valence-corrected chi connectivity index (χ0v) is 12.0. The number of amides is 1. The van der Waals surface area contributed by atoms with Crippen molar-refractivity contribution in [1.29, 1.82) is 0 Å². The third kappa shape index (κ3) is 2.57. The molecule has 0 saturated carbocycles. The van der Waals surface area contributed by atoms with Crippen molar-refractivity contribution in [2.75, 3.05) is 11.4 Å². The molecular weight excluding hydrogens is 297 g/mol. The maximum atomic E-state index is 13.0. The maximum Gasteiger partial charge on any atom is 0.307 e. The number of hydrogen-bond donors (Lipinski definition) is 0. The monoisotopic (exact) mass is 311 g/mol. The van der Waals surface area contributed by atoms with Gasteiger partial charge in [-0.15, -0.1) is 3.89 Å². The number of rotatable bonds is 2. The fraction of sp³-hybridized carbons (Fsp3) is 0.429. The van der Waals surface area contributed by atoms with E-state index in [0.717, 1.165) is 18.4 Å². The lowest BCUT2D eigenvalue weighted by Crippen LogP contribution is -2.27. The Morgan fingerprint density at radius 1 is 1.19 bits per heavy atom. The Bertz CT molecular complexity index is 728. The van der Waals surface area contributed by atoms with E-state index in [0.29, 0.717) is 17.7 Å². The highest BCUT2D eigenvalue weighted by molar-refractivity contribution is 7.87. The number of ketones is 1. The lowest BCUT2D eigenvalue weighted by Gasteiger charge is -2.20. The van der Waals surface area contributed by atoms with E-state index in [2.05, 4.69) is 0 Å². The third-order valence-electron chi connectivity index (χ3n) is 4.04. The Morgan fingerprint density at radius 3 is 2.62 bits per heavy atom. The highest BCUT2D eigenvalue weighted by Crippen LogP contribution is 2.30. The van der Waals surface area contributed by atoms with Gasteiger partial charge in [-0.3, -0.25) is 9.59 Å². The number of carbonyl (C=O) groups is 2. The van der Waals surface area contributed by atoms with Crippen molar-refractivity contribution in [2.45, 2.75) is 30.9 Å². The maximum absolute atomic E-state index is 13.0. The molecule has 0 bridgehead atoms. The van der Waals surface area contributed by atoms with E-state index in [4.69, 9.17) is 0 Å². The van der Waals surface area contributed by atoms with E-state index in [1.807, 2.05) is 0 Å². The number of halogens is 1. The van der Waals surface area contributed by atoms with Crippen molar-refractivity contribution in [3.63, 3.8) is 0 Å². The number of aryl methyl sites for hydroxylation is 1. The lowest BCUT2D eigenvalue weighted by molar-refractivity contribution is -0.117. The van der Waals surface area contributed by atoms with Crippen LogP contribution in [0.15, 0.2) is 18.2 Å². The van der Waals surface area contributed by atoms with Gasteiger partial charge in [0.05, 0.1) is 0 Å². The van der Waals surface area contributed by atoms with Crippen LogP contribution in [0.25, 0.3) is 0 Å². The Morgan fingerprint density at radius 2 is 1.95 bits per heavy atom. The molecule has 112 valence electrons. The summed E-state index contributed by atoms with van der Waals surface area (Å²) < 4.78 is 34.9. The minimum Gasteiger partial charge on any atom is -0.311 e. The van der Waals surface area contributed by atoms with Crippen molar-refractivity contribution in [1.82, 2.24) is 0 Å². The van der Waals surface area contributed by atoms with Gasteiger partial charge in [-0.25, -0.2) is 0 Å². The van der Waals surface area contributed by atoms with Crippen molar-refractivity contribution in [3.05, 3.63) is 29.3 Å². The fourth-order valence-electron chi connectivity index (χ4n) is 2.91. The van der Waals surface area contributed by atoms with Crippen LogP contribution in [0.2, 0.25) is 0 Å². The number of anilines is 1. The molecule has 0 aromatic heterocycles. The number of Topliss-reactive ketones (excluding diaryl/α,β-unsaturated/α-hetero) is 1. The largest absolute Gasteiger partial charge is 0.311 e. The van der Waals surface area contributed by atoms with E-state index in [1.54, 1.807) is 18.2 Å². The van der Waals surface area contributed by atoms with E-state index in [9.17, 15) is 21.9 Å². The molecule has 1 atom stereocenters. The number of hydrogen-bond acceptors (Lipinski definition) is 4. The molecule has 5 nitrogen and oxygen atoms in total. The van der Waals surface area contributed by atoms with Crippen LogP contribution in [-0.4, -0.2) is 31.9 Å². The zero-order chi connectivity index (χ0) is 15.2. The molecule has 2 aliphatic rings. The van der Waals surface area contributed by atoms with Crippen LogP contribution in [-0.2, 0) is 21.4 Å². The first-order valence-electron chi connectivity index (χ1n) is 6.76. The quantitative estimate of drug-likeness (QED) is 0.778. The first kappa shape index (κ1) is 14.2. The molecule has 1 heterocycles. The average Bonchev–Trinajstić information content (AvgIpc) is 2.81. The van der Waals surface area contributed by atoms with Crippen LogP contribution in [0.5, 0.6) is 0 Å². The summed E-state index contributed by atoms with van der Waals surface area (Å²) in [6, 6.07) is 5.02. The first-order valence-corrected chi connectivity index (χ1v) is 8.21. The summed E-state index contributed by atoms with van der Waals surface area (Å²) >= 11 is 0.